The van der Waals surface area contributed by atoms with Crippen LogP contribution in [0.2, 0.25) is 0 Å². The van der Waals surface area contributed by atoms with Crippen molar-refractivity contribution in [2.45, 2.75) is 6.92 Å². The molecule has 0 aromatic heterocycles. The van der Waals surface area contributed by atoms with Gasteiger partial charge in [0.1, 0.15) is 0 Å². The minimum atomic E-state index is -0.699. The van der Waals surface area contributed by atoms with Gasteiger partial charge in [-0.2, -0.15) is 5.26 Å². The number of cyclic esters (lactones) is 2. The topological polar surface area (TPSA) is 67.2 Å². The van der Waals surface area contributed by atoms with Gasteiger partial charge in [-0.25, -0.2) is 9.59 Å². The SMILES string of the molecule is C/C(C#N)=C\C1=CC(=O)OC1=O. The number of hydrogen-bond acceptors (Lipinski definition) is 4. The van der Waals surface area contributed by atoms with E-state index in [4.69, 9.17) is 5.26 Å². The fraction of sp³-hybridized carbons (Fsp3) is 0.125. The Morgan fingerprint density at radius 2 is 2.33 bits per heavy atom. The molecule has 0 radical (unpaired) electrons. The van der Waals surface area contributed by atoms with Crippen molar-refractivity contribution >= 4 is 11.9 Å². The van der Waals surface area contributed by atoms with Gasteiger partial charge in [0.2, 0.25) is 0 Å². The van der Waals surface area contributed by atoms with Crippen molar-refractivity contribution < 1.29 is 14.3 Å². The van der Waals surface area contributed by atoms with Crippen LogP contribution in [0.5, 0.6) is 0 Å². The molecule has 0 spiro atoms. The van der Waals surface area contributed by atoms with Crippen LogP contribution in [0.3, 0.4) is 0 Å². The lowest BCUT2D eigenvalue weighted by molar-refractivity contribution is -0.150. The minimum absolute atomic E-state index is 0.124. The van der Waals surface area contributed by atoms with Crippen LogP contribution in [-0.4, -0.2) is 11.9 Å². The van der Waals surface area contributed by atoms with Crippen LogP contribution in [0.4, 0.5) is 0 Å². The van der Waals surface area contributed by atoms with Crippen molar-refractivity contribution in [2.75, 3.05) is 0 Å². The first kappa shape index (κ1) is 8.21. The number of nitriles is 1. The summed E-state index contributed by atoms with van der Waals surface area (Å²) in [5, 5.41) is 8.36. The molecule has 0 unspecified atom stereocenters. The molecule has 0 bridgehead atoms. The molecule has 12 heavy (non-hydrogen) atoms. The molecule has 0 aromatic rings. The number of ether oxygens (including phenoxy) is 1. The van der Waals surface area contributed by atoms with Crippen LogP contribution < -0.4 is 0 Å². The Morgan fingerprint density at radius 1 is 1.67 bits per heavy atom. The molecule has 0 fully saturated rings. The summed E-state index contributed by atoms with van der Waals surface area (Å²) in [6.45, 7) is 1.54. The number of allylic oxidation sites excluding steroid dienone is 1. The molecular formula is C8H5NO3. The Morgan fingerprint density at radius 3 is 2.75 bits per heavy atom. The Balaban J connectivity index is 2.92. The molecule has 0 N–H and O–H groups in total. The van der Waals surface area contributed by atoms with Crippen LogP contribution in [0, 0.1) is 11.3 Å². The lowest BCUT2D eigenvalue weighted by Crippen LogP contribution is -2.00. The predicted molar refractivity (Wildman–Crippen MR) is 38.6 cm³/mol. The van der Waals surface area contributed by atoms with Gasteiger partial charge in [-0.1, -0.05) is 0 Å². The first-order valence-electron chi connectivity index (χ1n) is 3.19. The molecule has 60 valence electrons. The van der Waals surface area contributed by atoms with Crippen molar-refractivity contribution in [3.8, 4) is 6.07 Å². The second-order valence-corrected chi connectivity index (χ2v) is 2.25. The van der Waals surface area contributed by atoms with Gasteiger partial charge >= 0.3 is 11.9 Å². The second-order valence-electron chi connectivity index (χ2n) is 2.25. The second kappa shape index (κ2) is 3.01. The van der Waals surface area contributed by atoms with Gasteiger partial charge in [-0.3, -0.25) is 0 Å². The summed E-state index contributed by atoms with van der Waals surface area (Å²) in [5.74, 6) is -1.38. The van der Waals surface area contributed by atoms with E-state index >= 15 is 0 Å². The van der Waals surface area contributed by atoms with Crippen LogP contribution >= 0.6 is 0 Å². The highest BCUT2D eigenvalue weighted by Crippen LogP contribution is 2.11. The third-order valence-corrected chi connectivity index (χ3v) is 1.25. The van der Waals surface area contributed by atoms with Crippen molar-refractivity contribution in [3.63, 3.8) is 0 Å². The van der Waals surface area contributed by atoms with E-state index in [0.29, 0.717) is 5.57 Å². The maximum Gasteiger partial charge on any atom is 0.346 e. The predicted octanol–water partition coefficient (Wildman–Crippen LogP) is 0.466. The van der Waals surface area contributed by atoms with E-state index in [1.807, 2.05) is 6.07 Å². The Kier molecular flexibility index (Phi) is 2.06. The average Bonchev–Trinajstić information content (AvgIpc) is 2.30. The van der Waals surface area contributed by atoms with Gasteiger partial charge in [0, 0.05) is 11.6 Å². The summed E-state index contributed by atoms with van der Waals surface area (Å²) in [5.41, 5.74) is 0.479. The van der Waals surface area contributed by atoms with Crippen molar-refractivity contribution in [3.05, 3.63) is 23.3 Å². The number of carbonyl (C=O) groups excluding carboxylic acids is 2. The molecule has 0 aliphatic carbocycles. The maximum atomic E-state index is 10.8. The van der Waals surface area contributed by atoms with Crippen molar-refractivity contribution in [1.29, 1.82) is 5.26 Å². The van der Waals surface area contributed by atoms with Crippen LogP contribution in [0.15, 0.2) is 23.3 Å². The molecule has 0 saturated carbocycles. The fourth-order valence-electron chi connectivity index (χ4n) is 0.732. The first-order valence-corrected chi connectivity index (χ1v) is 3.19. The molecule has 4 heteroatoms. The zero-order valence-electron chi connectivity index (χ0n) is 6.33. The number of hydrogen-bond donors (Lipinski definition) is 0. The lowest BCUT2D eigenvalue weighted by atomic mass is 10.2. The largest absolute Gasteiger partial charge is 0.386 e. The quantitative estimate of drug-likeness (QED) is 0.320. The Labute approximate surface area is 68.7 Å². The minimum Gasteiger partial charge on any atom is -0.386 e. The molecule has 0 atom stereocenters. The lowest BCUT2D eigenvalue weighted by Gasteiger charge is -1.88. The third-order valence-electron chi connectivity index (χ3n) is 1.25. The average molecular weight is 163 g/mol. The molecular weight excluding hydrogens is 158 g/mol. The highest BCUT2D eigenvalue weighted by molar-refractivity contribution is 6.10. The number of rotatable bonds is 1. The highest BCUT2D eigenvalue weighted by atomic mass is 16.6. The third kappa shape index (κ3) is 1.58. The van der Waals surface area contributed by atoms with E-state index in [0.717, 1.165) is 6.08 Å². The fourth-order valence-corrected chi connectivity index (χ4v) is 0.732. The summed E-state index contributed by atoms with van der Waals surface area (Å²) >= 11 is 0. The summed E-state index contributed by atoms with van der Waals surface area (Å²) in [7, 11) is 0. The van der Waals surface area contributed by atoms with Gasteiger partial charge in [0.25, 0.3) is 0 Å². The van der Waals surface area contributed by atoms with Crippen LogP contribution in [0.1, 0.15) is 6.92 Å². The van der Waals surface area contributed by atoms with Crippen molar-refractivity contribution in [2.24, 2.45) is 0 Å². The maximum absolute atomic E-state index is 10.8. The van der Waals surface area contributed by atoms with Crippen LogP contribution in [0.25, 0.3) is 0 Å². The van der Waals surface area contributed by atoms with E-state index in [9.17, 15) is 9.59 Å². The number of esters is 2. The van der Waals surface area contributed by atoms with Crippen molar-refractivity contribution in [1.82, 2.24) is 0 Å². The normalized spacial score (nSPS) is 17.0. The molecule has 4 nitrogen and oxygen atoms in total. The molecule has 1 heterocycles. The molecule has 1 rings (SSSR count). The molecule has 0 aromatic carbocycles. The summed E-state index contributed by atoms with van der Waals surface area (Å²) in [4.78, 5) is 21.3. The summed E-state index contributed by atoms with van der Waals surface area (Å²) in [6, 6.07) is 1.83. The van der Waals surface area contributed by atoms with E-state index in [1.165, 1.54) is 13.0 Å². The van der Waals surface area contributed by atoms with E-state index in [2.05, 4.69) is 4.74 Å². The van der Waals surface area contributed by atoms with Gasteiger partial charge < -0.3 is 4.74 Å². The van der Waals surface area contributed by atoms with Crippen LogP contribution in [-0.2, 0) is 14.3 Å². The Hall–Kier alpha value is -1.89. The zero-order valence-corrected chi connectivity index (χ0v) is 6.33. The number of nitrogens with zero attached hydrogens (tertiary/aromatic N) is 1. The highest BCUT2D eigenvalue weighted by Gasteiger charge is 2.21. The van der Waals surface area contributed by atoms with E-state index in [-0.39, 0.29) is 5.57 Å². The summed E-state index contributed by atoms with van der Waals surface area (Å²) in [6.07, 6.45) is 2.37. The van der Waals surface area contributed by atoms with Gasteiger partial charge in [-0.15, -0.1) is 0 Å². The molecule has 0 saturated heterocycles. The summed E-state index contributed by atoms with van der Waals surface area (Å²) < 4.78 is 4.19. The van der Waals surface area contributed by atoms with Gasteiger partial charge in [0.05, 0.1) is 11.6 Å². The monoisotopic (exact) mass is 163 g/mol. The standard InChI is InChI=1S/C8H5NO3/c1-5(4-9)2-6-3-7(10)12-8(6)11/h2-3H,1H3/b5-2+. The van der Waals surface area contributed by atoms with E-state index in [1.54, 1.807) is 0 Å². The molecule has 0 amide bonds. The van der Waals surface area contributed by atoms with E-state index < -0.39 is 11.9 Å². The smallest absolute Gasteiger partial charge is 0.346 e. The zero-order chi connectivity index (χ0) is 9.14. The number of carbonyl (C=O) groups is 2. The van der Waals surface area contributed by atoms with Gasteiger partial charge in [-0.05, 0) is 13.0 Å². The molecule has 1 aliphatic rings. The molecule has 1 aliphatic heterocycles. The Bertz CT molecular complexity index is 344. The first-order chi connectivity index (χ1) is 5.63. The van der Waals surface area contributed by atoms with Gasteiger partial charge in [0.15, 0.2) is 0 Å².